The number of aromatic nitrogens is 2. The Hall–Kier alpha value is -2.52. The summed E-state index contributed by atoms with van der Waals surface area (Å²) < 4.78 is 27.2. The number of carbonyl (C=O) groups is 1. The van der Waals surface area contributed by atoms with Gasteiger partial charge in [-0.3, -0.25) is 4.79 Å². The molecule has 0 saturated heterocycles. The zero-order valence-corrected chi connectivity index (χ0v) is 14.3. The fourth-order valence-corrected chi connectivity index (χ4v) is 3.44. The zero-order valence-electron chi connectivity index (χ0n) is 12.7. The van der Waals surface area contributed by atoms with E-state index in [1.165, 1.54) is 23.1 Å². The minimum absolute atomic E-state index is 0.00984. The number of halogens is 2. The summed E-state index contributed by atoms with van der Waals surface area (Å²) in [5.74, 6) is -1.76. The van der Waals surface area contributed by atoms with Gasteiger partial charge in [0.15, 0.2) is 4.34 Å². The number of para-hydroxylation sites is 1. The van der Waals surface area contributed by atoms with Gasteiger partial charge < -0.3 is 10.6 Å². The highest BCUT2D eigenvalue weighted by Gasteiger charge is 2.11. The lowest BCUT2D eigenvalue weighted by atomic mass is 10.3. The number of nitrogens with zero attached hydrogens (tertiary/aromatic N) is 2. The van der Waals surface area contributed by atoms with E-state index in [2.05, 4.69) is 20.8 Å². The highest BCUT2D eigenvalue weighted by molar-refractivity contribution is 8.01. The number of carbonyl (C=O) groups excluding carboxylic acids is 1. The van der Waals surface area contributed by atoms with Gasteiger partial charge in [-0.25, -0.2) is 8.78 Å². The summed E-state index contributed by atoms with van der Waals surface area (Å²) in [5.41, 5.74) is 0.698. The second-order valence-electron chi connectivity index (χ2n) is 4.83. The van der Waals surface area contributed by atoms with Crippen LogP contribution >= 0.6 is 23.1 Å². The maximum atomic E-state index is 13.5. The normalized spacial score (nSPS) is 10.5. The molecule has 0 aliphatic rings. The lowest BCUT2D eigenvalue weighted by molar-refractivity contribution is -0.113. The summed E-state index contributed by atoms with van der Waals surface area (Å²) in [6, 6.07) is 12.4. The average Bonchev–Trinajstić information content (AvgIpc) is 3.05. The number of hydrogen-bond acceptors (Lipinski definition) is 6. The fraction of sp³-hybridized carbons (Fsp3) is 0.0625. The van der Waals surface area contributed by atoms with Crippen molar-refractivity contribution in [2.45, 2.75) is 4.34 Å². The molecule has 3 rings (SSSR count). The van der Waals surface area contributed by atoms with E-state index in [1.807, 2.05) is 30.3 Å². The fourth-order valence-electron chi connectivity index (χ4n) is 1.87. The quantitative estimate of drug-likeness (QED) is 0.627. The zero-order chi connectivity index (χ0) is 17.6. The molecule has 0 aliphatic carbocycles. The van der Waals surface area contributed by atoms with Crippen LogP contribution in [0.2, 0.25) is 0 Å². The van der Waals surface area contributed by atoms with Crippen LogP contribution in [-0.4, -0.2) is 21.9 Å². The van der Waals surface area contributed by atoms with Crippen LogP contribution in [0.1, 0.15) is 0 Å². The maximum absolute atomic E-state index is 13.5. The number of rotatable bonds is 6. The molecule has 25 heavy (non-hydrogen) atoms. The molecule has 0 bridgehead atoms. The van der Waals surface area contributed by atoms with Crippen LogP contribution in [0.25, 0.3) is 0 Å². The molecule has 1 amide bonds. The minimum atomic E-state index is -0.690. The van der Waals surface area contributed by atoms with E-state index in [-0.39, 0.29) is 11.4 Å². The van der Waals surface area contributed by atoms with Gasteiger partial charge in [0.1, 0.15) is 11.6 Å². The first kappa shape index (κ1) is 17.3. The molecule has 0 radical (unpaired) electrons. The molecule has 3 aromatic rings. The third-order valence-corrected chi connectivity index (χ3v) is 4.93. The Labute approximate surface area is 150 Å². The average molecular weight is 378 g/mol. The van der Waals surface area contributed by atoms with E-state index >= 15 is 0 Å². The van der Waals surface area contributed by atoms with Crippen LogP contribution in [0, 0.1) is 11.6 Å². The van der Waals surface area contributed by atoms with Gasteiger partial charge in [0.2, 0.25) is 11.0 Å². The van der Waals surface area contributed by atoms with Crippen molar-refractivity contribution in [2.24, 2.45) is 0 Å². The van der Waals surface area contributed by atoms with Crippen LogP contribution in [0.15, 0.2) is 52.9 Å². The van der Waals surface area contributed by atoms with Crippen molar-refractivity contribution in [3.05, 3.63) is 60.2 Å². The highest BCUT2D eigenvalue weighted by atomic mass is 32.2. The van der Waals surface area contributed by atoms with Gasteiger partial charge >= 0.3 is 0 Å². The summed E-state index contributed by atoms with van der Waals surface area (Å²) in [6.45, 7) is 0. The Morgan fingerprint density at radius 2 is 1.92 bits per heavy atom. The van der Waals surface area contributed by atoms with Gasteiger partial charge in [0.25, 0.3) is 0 Å². The van der Waals surface area contributed by atoms with E-state index in [1.54, 1.807) is 0 Å². The molecule has 9 heteroatoms. The molecule has 0 fully saturated rings. The molecule has 0 saturated carbocycles. The Morgan fingerprint density at radius 1 is 1.12 bits per heavy atom. The van der Waals surface area contributed by atoms with Crippen LogP contribution < -0.4 is 10.6 Å². The monoisotopic (exact) mass is 378 g/mol. The van der Waals surface area contributed by atoms with Crippen molar-refractivity contribution < 1.29 is 13.6 Å². The van der Waals surface area contributed by atoms with Gasteiger partial charge in [0, 0.05) is 11.8 Å². The number of thioether (sulfide) groups is 1. The topological polar surface area (TPSA) is 66.9 Å². The Bertz CT molecular complexity index is 874. The van der Waals surface area contributed by atoms with E-state index in [9.17, 15) is 13.6 Å². The molecular formula is C16H12F2N4OS2. The first-order valence-electron chi connectivity index (χ1n) is 7.13. The number of anilines is 3. The summed E-state index contributed by atoms with van der Waals surface area (Å²) in [4.78, 5) is 11.9. The van der Waals surface area contributed by atoms with Gasteiger partial charge in [-0.1, -0.05) is 41.3 Å². The van der Waals surface area contributed by atoms with E-state index in [0.717, 1.165) is 23.9 Å². The number of hydrogen-bond donors (Lipinski definition) is 2. The Balaban J connectivity index is 1.53. The second-order valence-corrected chi connectivity index (χ2v) is 7.03. The van der Waals surface area contributed by atoms with Crippen molar-refractivity contribution in [3.8, 4) is 0 Å². The molecule has 1 aromatic heterocycles. The molecule has 0 unspecified atom stereocenters. The SMILES string of the molecule is O=C(CSc1nnc(Nc2ccccc2)s1)Nc1cc(F)ccc1F. The summed E-state index contributed by atoms with van der Waals surface area (Å²) in [7, 11) is 0. The largest absolute Gasteiger partial charge is 0.330 e. The van der Waals surface area contributed by atoms with Crippen molar-refractivity contribution in [1.82, 2.24) is 10.2 Å². The molecule has 0 aliphatic heterocycles. The predicted octanol–water partition coefficient (Wildman–Crippen LogP) is 4.29. The summed E-state index contributed by atoms with van der Waals surface area (Å²) in [5, 5.41) is 14.0. The third-order valence-electron chi connectivity index (χ3n) is 2.96. The number of benzene rings is 2. The summed E-state index contributed by atoms with van der Waals surface area (Å²) >= 11 is 2.46. The molecule has 0 atom stereocenters. The Kier molecular flexibility index (Phi) is 5.56. The lowest BCUT2D eigenvalue weighted by Gasteiger charge is -2.05. The molecule has 0 spiro atoms. The van der Waals surface area contributed by atoms with Crippen molar-refractivity contribution in [2.75, 3.05) is 16.4 Å². The van der Waals surface area contributed by atoms with Crippen molar-refractivity contribution in [3.63, 3.8) is 0 Å². The standard InChI is InChI=1S/C16H12F2N4OS2/c17-10-6-7-12(18)13(8-10)20-14(23)9-24-16-22-21-15(25-16)19-11-4-2-1-3-5-11/h1-8H,9H2,(H,19,21)(H,20,23). The van der Waals surface area contributed by atoms with E-state index in [4.69, 9.17) is 0 Å². The van der Waals surface area contributed by atoms with E-state index in [0.29, 0.717) is 9.47 Å². The second kappa shape index (κ2) is 8.04. The van der Waals surface area contributed by atoms with Gasteiger partial charge in [-0.2, -0.15) is 0 Å². The smallest absolute Gasteiger partial charge is 0.234 e. The van der Waals surface area contributed by atoms with Gasteiger partial charge in [0.05, 0.1) is 11.4 Å². The highest BCUT2D eigenvalue weighted by Crippen LogP contribution is 2.27. The van der Waals surface area contributed by atoms with Crippen LogP contribution in [0.5, 0.6) is 0 Å². The molecular weight excluding hydrogens is 366 g/mol. The lowest BCUT2D eigenvalue weighted by Crippen LogP contribution is -2.15. The third kappa shape index (κ3) is 4.97. The molecule has 2 N–H and O–H groups in total. The number of amides is 1. The van der Waals surface area contributed by atoms with Crippen molar-refractivity contribution in [1.29, 1.82) is 0 Å². The molecule has 2 aromatic carbocycles. The first-order chi connectivity index (χ1) is 12.1. The molecule has 1 heterocycles. The molecule has 128 valence electrons. The minimum Gasteiger partial charge on any atom is -0.330 e. The van der Waals surface area contributed by atoms with Gasteiger partial charge in [-0.05, 0) is 24.3 Å². The van der Waals surface area contributed by atoms with E-state index < -0.39 is 17.5 Å². The van der Waals surface area contributed by atoms with Crippen LogP contribution in [0.4, 0.5) is 25.3 Å². The predicted molar refractivity (Wildman–Crippen MR) is 95.3 cm³/mol. The van der Waals surface area contributed by atoms with Crippen molar-refractivity contribution >= 4 is 45.5 Å². The number of nitrogens with one attached hydrogen (secondary N) is 2. The van der Waals surface area contributed by atoms with Crippen LogP contribution in [-0.2, 0) is 4.79 Å². The van der Waals surface area contributed by atoms with Crippen LogP contribution in [0.3, 0.4) is 0 Å². The molecule has 5 nitrogen and oxygen atoms in total. The summed E-state index contributed by atoms with van der Waals surface area (Å²) in [6.07, 6.45) is 0. The van der Waals surface area contributed by atoms with Gasteiger partial charge in [-0.15, -0.1) is 10.2 Å². The maximum Gasteiger partial charge on any atom is 0.234 e. The first-order valence-corrected chi connectivity index (χ1v) is 8.93. The Morgan fingerprint density at radius 3 is 2.72 bits per heavy atom.